The molecule has 0 unspecified atom stereocenters. The van der Waals surface area contributed by atoms with E-state index in [4.69, 9.17) is 9.26 Å². The summed E-state index contributed by atoms with van der Waals surface area (Å²) < 4.78 is 11.2. The minimum absolute atomic E-state index is 0.0669. The van der Waals surface area contributed by atoms with Crippen LogP contribution in [0.25, 0.3) is 0 Å². The second-order valence-corrected chi connectivity index (χ2v) is 6.73. The normalized spacial score (nSPS) is 20.4. The summed E-state index contributed by atoms with van der Waals surface area (Å²) in [6, 6.07) is 1.92. The molecular weight excluding hydrogens is 320 g/mol. The standard InChI is InChI=1S/C18H22N4O3/c1-11-9-14(20-12(2)19-11)16-10-22(7-8-24-16)18(23)17-13-5-3-4-6-15(13)25-21-17/h9,16H,3-8,10H2,1-2H3/t16-/m1/s1. The number of ether oxygens (including phenoxy) is 1. The van der Waals surface area contributed by atoms with E-state index in [2.05, 4.69) is 15.1 Å². The summed E-state index contributed by atoms with van der Waals surface area (Å²) in [5.41, 5.74) is 3.20. The third-order valence-electron chi connectivity index (χ3n) is 4.82. The van der Waals surface area contributed by atoms with E-state index < -0.39 is 0 Å². The number of rotatable bonds is 2. The van der Waals surface area contributed by atoms with Gasteiger partial charge in [0.25, 0.3) is 5.91 Å². The van der Waals surface area contributed by atoms with Crippen LogP contribution in [-0.2, 0) is 17.6 Å². The number of carbonyl (C=O) groups is 1. The lowest BCUT2D eigenvalue weighted by Crippen LogP contribution is -2.43. The SMILES string of the molecule is Cc1cc([C@H]2CN(C(=O)c3noc4c3CCCC4)CCO2)nc(C)n1. The number of aryl methyl sites for hydroxylation is 3. The molecule has 1 atom stereocenters. The average Bonchev–Trinajstić information content (AvgIpc) is 3.04. The van der Waals surface area contributed by atoms with Gasteiger partial charge in [0.15, 0.2) is 5.69 Å². The average molecular weight is 342 g/mol. The van der Waals surface area contributed by atoms with Crippen molar-refractivity contribution in [3.8, 4) is 0 Å². The van der Waals surface area contributed by atoms with Gasteiger partial charge in [-0.05, 0) is 39.2 Å². The topological polar surface area (TPSA) is 81.4 Å². The fourth-order valence-corrected chi connectivity index (χ4v) is 3.63. The van der Waals surface area contributed by atoms with Crippen molar-refractivity contribution in [1.29, 1.82) is 0 Å². The molecule has 0 radical (unpaired) electrons. The van der Waals surface area contributed by atoms with Crippen LogP contribution in [0.4, 0.5) is 0 Å². The number of aromatic nitrogens is 3. The first kappa shape index (κ1) is 16.2. The molecule has 132 valence electrons. The zero-order valence-corrected chi connectivity index (χ0v) is 14.6. The number of fused-ring (bicyclic) bond motifs is 1. The minimum atomic E-state index is -0.235. The molecule has 2 aliphatic rings. The molecule has 2 aromatic rings. The highest BCUT2D eigenvalue weighted by Gasteiger charge is 2.32. The van der Waals surface area contributed by atoms with Gasteiger partial charge < -0.3 is 14.2 Å². The van der Waals surface area contributed by atoms with Crippen LogP contribution in [0, 0.1) is 13.8 Å². The summed E-state index contributed by atoms with van der Waals surface area (Å²) >= 11 is 0. The van der Waals surface area contributed by atoms with Crippen LogP contribution in [0.1, 0.15) is 58.0 Å². The van der Waals surface area contributed by atoms with Crippen molar-refractivity contribution in [2.24, 2.45) is 0 Å². The van der Waals surface area contributed by atoms with Crippen LogP contribution in [0.3, 0.4) is 0 Å². The van der Waals surface area contributed by atoms with Crippen molar-refractivity contribution in [2.75, 3.05) is 19.7 Å². The van der Waals surface area contributed by atoms with Crippen LogP contribution >= 0.6 is 0 Å². The maximum atomic E-state index is 13.0. The number of nitrogens with zero attached hydrogens (tertiary/aromatic N) is 4. The summed E-state index contributed by atoms with van der Waals surface area (Å²) in [6.07, 6.45) is 3.70. The van der Waals surface area contributed by atoms with E-state index in [1.807, 2.05) is 19.9 Å². The first-order chi connectivity index (χ1) is 12.1. The van der Waals surface area contributed by atoms with Gasteiger partial charge in [0.1, 0.15) is 17.7 Å². The lowest BCUT2D eigenvalue weighted by Gasteiger charge is -2.32. The predicted octanol–water partition coefficient (Wildman–Crippen LogP) is 2.17. The van der Waals surface area contributed by atoms with E-state index in [1.165, 1.54) is 0 Å². The molecule has 7 heteroatoms. The maximum absolute atomic E-state index is 13.0. The fraction of sp³-hybridized carbons (Fsp3) is 0.556. The first-order valence-corrected chi connectivity index (χ1v) is 8.82. The minimum Gasteiger partial charge on any atom is -0.368 e. The number of morpholine rings is 1. The van der Waals surface area contributed by atoms with Crippen LogP contribution in [-0.4, -0.2) is 45.6 Å². The summed E-state index contributed by atoms with van der Waals surface area (Å²) in [5, 5.41) is 4.07. The largest absolute Gasteiger partial charge is 0.368 e. The van der Waals surface area contributed by atoms with E-state index in [0.717, 1.165) is 48.4 Å². The Morgan fingerprint density at radius 3 is 2.92 bits per heavy atom. The molecular formula is C18H22N4O3. The smallest absolute Gasteiger partial charge is 0.276 e. The Labute approximate surface area is 146 Å². The van der Waals surface area contributed by atoms with Gasteiger partial charge in [-0.15, -0.1) is 0 Å². The molecule has 0 saturated carbocycles. The van der Waals surface area contributed by atoms with Gasteiger partial charge in [-0.2, -0.15) is 0 Å². The van der Waals surface area contributed by atoms with Gasteiger partial charge >= 0.3 is 0 Å². The highest BCUT2D eigenvalue weighted by molar-refractivity contribution is 5.94. The van der Waals surface area contributed by atoms with E-state index in [9.17, 15) is 4.79 Å². The van der Waals surface area contributed by atoms with Gasteiger partial charge in [0.2, 0.25) is 0 Å². The molecule has 2 aromatic heterocycles. The van der Waals surface area contributed by atoms with Gasteiger partial charge in [-0.1, -0.05) is 5.16 Å². The summed E-state index contributed by atoms with van der Waals surface area (Å²) in [4.78, 5) is 23.5. The van der Waals surface area contributed by atoms with Gasteiger partial charge in [0.05, 0.1) is 18.8 Å². The quantitative estimate of drug-likeness (QED) is 0.832. The number of amides is 1. The Morgan fingerprint density at radius 1 is 1.24 bits per heavy atom. The molecule has 0 spiro atoms. The van der Waals surface area contributed by atoms with Crippen LogP contribution in [0.2, 0.25) is 0 Å². The first-order valence-electron chi connectivity index (χ1n) is 8.82. The predicted molar refractivity (Wildman–Crippen MR) is 89.2 cm³/mol. The molecule has 7 nitrogen and oxygen atoms in total. The van der Waals surface area contributed by atoms with Crippen molar-refractivity contribution in [2.45, 2.75) is 45.6 Å². The van der Waals surface area contributed by atoms with Gasteiger partial charge in [-0.25, -0.2) is 9.97 Å². The molecule has 3 heterocycles. The van der Waals surface area contributed by atoms with Crippen molar-refractivity contribution in [3.63, 3.8) is 0 Å². The lowest BCUT2D eigenvalue weighted by atomic mass is 9.96. The van der Waals surface area contributed by atoms with Crippen LogP contribution in [0.15, 0.2) is 10.6 Å². The Morgan fingerprint density at radius 2 is 2.08 bits per heavy atom. The molecule has 1 saturated heterocycles. The molecule has 1 fully saturated rings. The number of hydrogen-bond donors (Lipinski definition) is 0. The highest BCUT2D eigenvalue weighted by atomic mass is 16.5. The van der Waals surface area contributed by atoms with Crippen molar-refractivity contribution >= 4 is 5.91 Å². The Kier molecular flexibility index (Phi) is 4.25. The molecule has 1 aliphatic heterocycles. The Balaban J connectivity index is 1.55. The second kappa shape index (κ2) is 6.55. The maximum Gasteiger partial charge on any atom is 0.276 e. The molecule has 0 bridgehead atoms. The summed E-state index contributed by atoms with van der Waals surface area (Å²) in [7, 11) is 0. The monoisotopic (exact) mass is 342 g/mol. The van der Waals surface area contributed by atoms with Gasteiger partial charge in [0, 0.05) is 24.2 Å². The molecule has 4 rings (SSSR count). The fourth-order valence-electron chi connectivity index (χ4n) is 3.63. The third-order valence-corrected chi connectivity index (χ3v) is 4.82. The Bertz CT molecular complexity index is 781. The van der Waals surface area contributed by atoms with E-state index in [-0.39, 0.29) is 12.0 Å². The number of carbonyl (C=O) groups excluding carboxylic acids is 1. The van der Waals surface area contributed by atoms with E-state index in [1.54, 1.807) is 4.90 Å². The molecule has 1 amide bonds. The Hall–Kier alpha value is -2.28. The summed E-state index contributed by atoms with van der Waals surface area (Å²) in [6.45, 7) is 5.31. The van der Waals surface area contributed by atoms with Crippen molar-refractivity contribution in [1.82, 2.24) is 20.0 Å². The van der Waals surface area contributed by atoms with Crippen molar-refractivity contribution in [3.05, 3.63) is 40.3 Å². The lowest BCUT2D eigenvalue weighted by molar-refractivity contribution is -0.0252. The van der Waals surface area contributed by atoms with Crippen LogP contribution < -0.4 is 0 Å². The second-order valence-electron chi connectivity index (χ2n) is 6.73. The third kappa shape index (κ3) is 3.16. The zero-order valence-electron chi connectivity index (χ0n) is 14.6. The molecule has 0 N–H and O–H groups in total. The van der Waals surface area contributed by atoms with E-state index >= 15 is 0 Å². The van der Waals surface area contributed by atoms with Crippen LogP contribution in [0.5, 0.6) is 0 Å². The van der Waals surface area contributed by atoms with E-state index in [0.29, 0.717) is 31.2 Å². The van der Waals surface area contributed by atoms with Crippen molar-refractivity contribution < 1.29 is 14.1 Å². The molecule has 0 aromatic carbocycles. The molecule has 1 aliphatic carbocycles. The van der Waals surface area contributed by atoms with Gasteiger partial charge in [-0.3, -0.25) is 4.79 Å². The highest BCUT2D eigenvalue weighted by Crippen LogP contribution is 2.27. The summed E-state index contributed by atoms with van der Waals surface area (Å²) in [5.74, 6) is 1.52. The zero-order chi connectivity index (χ0) is 17.4. The molecule has 25 heavy (non-hydrogen) atoms. The number of hydrogen-bond acceptors (Lipinski definition) is 6.